The van der Waals surface area contributed by atoms with Crippen molar-refractivity contribution in [2.75, 3.05) is 24.4 Å². The van der Waals surface area contributed by atoms with Crippen LogP contribution >= 0.6 is 27.7 Å². The molecule has 1 unspecified atom stereocenters. The van der Waals surface area contributed by atoms with Crippen LogP contribution in [0.4, 0.5) is 10.5 Å². The van der Waals surface area contributed by atoms with Gasteiger partial charge in [-0.25, -0.2) is 9.59 Å². The fourth-order valence-corrected chi connectivity index (χ4v) is 3.10. The van der Waals surface area contributed by atoms with Crippen LogP contribution < -0.4 is 5.32 Å². The van der Waals surface area contributed by atoms with Crippen LogP contribution in [0.15, 0.2) is 22.7 Å². The van der Waals surface area contributed by atoms with Gasteiger partial charge in [-0.2, -0.15) is 11.8 Å². The zero-order chi connectivity index (χ0) is 16.0. The summed E-state index contributed by atoms with van der Waals surface area (Å²) in [4.78, 5) is 24.9. The summed E-state index contributed by atoms with van der Waals surface area (Å²) in [5.41, 5.74) is 0.582. The molecular weight excluding hydrogens is 356 g/mol. The summed E-state index contributed by atoms with van der Waals surface area (Å²) in [5.74, 6) is -0.179. The van der Waals surface area contributed by atoms with Crippen LogP contribution in [-0.2, 0) is 0 Å². The number of carbonyl (C=O) groups is 2. The fraction of sp³-hybridized carbons (Fsp3) is 0.429. The highest BCUT2D eigenvalue weighted by atomic mass is 79.9. The first-order valence-electron chi connectivity index (χ1n) is 6.46. The second-order valence-corrected chi connectivity index (χ2v) is 6.32. The van der Waals surface area contributed by atoms with Gasteiger partial charge in [-0.05, 0) is 46.8 Å². The minimum absolute atomic E-state index is 0.117. The number of urea groups is 1. The molecule has 0 aliphatic heterocycles. The molecular formula is C14H19BrN2O3S. The van der Waals surface area contributed by atoms with Crippen LogP contribution in [0.5, 0.6) is 0 Å². The lowest BCUT2D eigenvalue weighted by Crippen LogP contribution is -2.41. The van der Waals surface area contributed by atoms with Crippen LogP contribution in [0.2, 0.25) is 0 Å². The van der Waals surface area contributed by atoms with Crippen LogP contribution in [-0.4, -0.2) is 47.1 Å². The molecule has 5 nitrogen and oxygen atoms in total. The van der Waals surface area contributed by atoms with Gasteiger partial charge in [0.05, 0.1) is 5.56 Å². The topological polar surface area (TPSA) is 69.6 Å². The zero-order valence-electron chi connectivity index (χ0n) is 12.2. The van der Waals surface area contributed by atoms with E-state index in [1.807, 2.05) is 13.2 Å². The largest absolute Gasteiger partial charge is 0.478 e. The smallest absolute Gasteiger partial charge is 0.336 e. The van der Waals surface area contributed by atoms with Crippen LogP contribution in [0.3, 0.4) is 0 Å². The quantitative estimate of drug-likeness (QED) is 0.795. The minimum atomic E-state index is -1.04. The maximum absolute atomic E-state index is 12.2. The van der Waals surface area contributed by atoms with Gasteiger partial charge in [0.15, 0.2) is 0 Å². The Labute approximate surface area is 137 Å². The fourth-order valence-electron chi connectivity index (χ4n) is 1.84. The summed E-state index contributed by atoms with van der Waals surface area (Å²) < 4.78 is 0.482. The average Bonchev–Trinajstić information content (AvgIpc) is 2.45. The van der Waals surface area contributed by atoms with Crippen molar-refractivity contribution in [3.05, 3.63) is 28.2 Å². The molecule has 1 aromatic rings. The van der Waals surface area contributed by atoms with Crippen molar-refractivity contribution >= 4 is 45.4 Å². The third-order valence-corrected chi connectivity index (χ3v) is 4.56. The highest BCUT2D eigenvalue weighted by Gasteiger charge is 2.18. The molecule has 21 heavy (non-hydrogen) atoms. The molecule has 7 heteroatoms. The Morgan fingerprint density at radius 1 is 1.48 bits per heavy atom. The molecule has 116 valence electrons. The van der Waals surface area contributed by atoms with Gasteiger partial charge in [0.1, 0.15) is 0 Å². The number of nitrogens with one attached hydrogen (secondary N) is 1. The number of aromatic carboxylic acids is 1. The Hall–Kier alpha value is -1.21. The molecule has 0 radical (unpaired) electrons. The van der Waals surface area contributed by atoms with Crippen molar-refractivity contribution in [2.24, 2.45) is 0 Å². The highest BCUT2D eigenvalue weighted by Crippen LogP contribution is 2.21. The van der Waals surface area contributed by atoms with E-state index in [0.29, 0.717) is 10.2 Å². The van der Waals surface area contributed by atoms with Gasteiger partial charge in [0.2, 0.25) is 0 Å². The minimum Gasteiger partial charge on any atom is -0.478 e. The summed E-state index contributed by atoms with van der Waals surface area (Å²) in [6.45, 7) is 2.03. The third-order valence-electron chi connectivity index (χ3n) is 3.15. The van der Waals surface area contributed by atoms with E-state index in [2.05, 4.69) is 21.2 Å². The van der Waals surface area contributed by atoms with E-state index < -0.39 is 5.97 Å². The van der Waals surface area contributed by atoms with Gasteiger partial charge in [-0.3, -0.25) is 0 Å². The molecule has 1 rings (SSSR count). The van der Waals surface area contributed by atoms with Gasteiger partial charge in [-0.1, -0.05) is 6.92 Å². The van der Waals surface area contributed by atoms with E-state index in [9.17, 15) is 9.59 Å². The summed E-state index contributed by atoms with van der Waals surface area (Å²) >= 11 is 4.86. The van der Waals surface area contributed by atoms with Crippen LogP contribution in [0, 0.1) is 0 Å². The number of carboxylic acid groups (broad SMARTS) is 1. The summed E-state index contributed by atoms with van der Waals surface area (Å²) in [6, 6.07) is 4.62. The van der Waals surface area contributed by atoms with Crippen molar-refractivity contribution in [3.8, 4) is 0 Å². The molecule has 0 saturated carbocycles. The van der Waals surface area contributed by atoms with Crippen molar-refractivity contribution < 1.29 is 14.7 Å². The molecule has 0 fully saturated rings. The molecule has 2 N–H and O–H groups in total. The first-order chi connectivity index (χ1) is 9.90. The molecule has 1 atom stereocenters. The lowest BCUT2D eigenvalue weighted by molar-refractivity contribution is 0.0696. The molecule has 1 aromatic carbocycles. The van der Waals surface area contributed by atoms with Crippen molar-refractivity contribution in [2.45, 2.75) is 19.4 Å². The molecule has 0 saturated heterocycles. The molecule has 0 aromatic heterocycles. The number of hydrogen-bond acceptors (Lipinski definition) is 3. The molecule has 2 amide bonds. The monoisotopic (exact) mass is 374 g/mol. The van der Waals surface area contributed by atoms with Gasteiger partial charge >= 0.3 is 12.0 Å². The maximum Gasteiger partial charge on any atom is 0.336 e. The molecule has 0 bridgehead atoms. The predicted octanol–water partition coefficient (Wildman–Crippen LogP) is 3.75. The number of nitrogens with zero attached hydrogens (tertiary/aromatic N) is 1. The number of amides is 2. The van der Waals surface area contributed by atoms with Crippen LogP contribution in [0.25, 0.3) is 0 Å². The second-order valence-electron chi connectivity index (χ2n) is 4.56. The van der Waals surface area contributed by atoms with Crippen molar-refractivity contribution in [3.63, 3.8) is 0 Å². The number of hydrogen-bond donors (Lipinski definition) is 2. The van der Waals surface area contributed by atoms with E-state index in [1.54, 1.807) is 35.8 Å². The molecule has 0 spiro atoms. The Morgan fingerprint density at radius 3 is 2.67 bits per heavy atom. The van der Waals surface area contributed by atoms with Gasteiger partial charge in [-0.15, -0.1) is 0 Å². The number of rotatable bonds is 6. The van der Waals surface area contributed by atoms with E-state index in [1.165, 1.54) is 6.07 Å². The Balaban J connectivity index is 2.83. The van der Waals surface area contributed by atoms with E-state index in [4.69, 9.17) is 5.11 Å². The SMILES string of the molecule is CCC(CSC)N(C)C(=O)Nc1ccc(Br)c(C(=O)O)c1. The summed E-state index contributed by atoms with van der Waals surface area (Å²) in [7, 11) is 1.75. The summed E-state index contributed by atoms with van der Waals surface area (Å²) in [6.07, 6.45) is 2.87. The van der Waals surface area contributed by atoms with E-state index >= 15 is 0 Å². The first-order valence-corrected chi connectivity index (χ1v) is 8.65. The number of anilines is 1. The molecule has 0 aliphatic rings. The normalized spacial score (nSPS) is 11.8. The van der Waals surface area contributed by atoms with Gasteiger partial charge in [0, 0.05) is 29.0 Å². The predicted molar refractivity (Wildman–Crippen MR) is 90.3 cm³/mol. The van der Waals surface area contributed by atoms with Crippen LogP contribution in [0.1, 0.15) is 23.7 Å². The number of carbonyl (C=O) groups excluding carboxylic acids is 1. The van der Waals surface area contributed by atoms with Crippen molar-refractivity contribution in [1.29, 1.82) is 0 Å². The maximum atomic E-state index is 12.2. The third kappa shape index (κ3) is 4.93. The number of benzene rings is 1. The lowest BCUT2D eigenvalue weighted by atomic mass is 10.2. The summed E-state index contributed by atoms with van der Waals surface area (Å²) in [5, 5.41) is 11.8. The molecule has 0 aliphatic carbocycles. The number of halogens is 1. The molecule has 0 heterocycles. The number of carboxylic acids is 1. The second kappa shape index (κ2) is 8.29. The zero-order valence-corrected chi connectivity index (χ0v) is 14.6. The highest BCUT2D eigenvalue weighted by molar-refractivity contribution is 9.10. The lowest BCUT2D eigenvalue weighted by Gasteiger charge is -2.27. The Morgan fingerprint density at radius 2 is 2.14 bits per heavy atom. The Kier molecular flexibility index (Phi) is 7.04. The van der Waals surface area contributed by atoms with Crippen molar-refractivity contribution in [1.82, 2.24) is 4.90 Å². The van der Waals surface area contributed by atoms with E-state index in [0.717, 1.165) is 12.2 Å². The average molecular weight is 375 g/mol. The van der Waals surface area contributed by atoms with E-state index in [-0.39, 0.29) is 17.6 Å². The van der Waals surface area contributed by atoms with Gasteiger partial charge in [0.25, 0.3) is 0 Å². The van der Waals surface area contributed by atoms with Gasteiger partial charge < -0.3 is 15.3 Å². The Bertz CT molecular complexity index is 525. The number of thioether (sulfide) groups is 1. The standard InChI is InChI=1S/C14H19BrN2O3S/c1-4-10(8-21-3)17(2)14(20)16-9-5-6-12(15)11(7-9)13(18)19/h5-7,10H,4,8H2,1-3H3,(H,16,20)(H,18,19). The first kappa shape index (κ1) is 17.8.